The Morgan fingerprint density at radius 3 is 2.36 bits per heavy atom. The van der Waals surface area contributed by atoms with Gasteiger partial charge in [0.2, 0.25) is 0 Å². The number of hydrogen-bond acceptors (Lipinski definition) is 3. The Kier molecular flexibility index (Phi) is 4.19. The highest BCUT2D eigenvalue weighted by Gasteiger charge is 2.13. The van der Waals surface area contributed by atoms with E-state index in [0.29, 0.717) is 0 Å². The van der Waals surface area contributed by atoms with Gasteiger partial charge in [0.1, 0.15) is 5.75 Å². The second-order valence-corrected chi connectivity index (χ2v) is 5.25. The van der Waals surface area contributed by atoms with Crippen LogP contribution in [0.3, 0.4) is 0 Å². The molecule has 0 aliphatic rings. The van der Waals surface area contributed by atoms with Crippen LogP contribution in [-0.2, 0) is 6.54 Å². The topological polar surface area (TPSA) is 50.9 Å². The van der Waals surface area contributed by atoms with E-state index in [1.165, 1.54) is 0 Å². The number of unbranched alkanes of at least 4 members (excludes halogenated alkanes) is 1. The lowest BCUT2D eigenvalue weighted by Crippen LogP contribution is -2.02. The second-order valence-electron chi connectivity index (χ2n) is 5.25. The van der Waals surface area contributed by atoms with Crippen LogP contribution in [0.1, 0.15) is 19.8 Å². The Hall–Kier alpha value is -2.62. The highest BCUT2D eigenvalue weighted by Crippen LogP contribution is 2.24. The largest absolute Gasteiger partial charge is 0.508 e. The van der Waals surface area contributed by atoms with Crippen LogP contribution >= 0.6 is 0 Å². The first-order valence-corrected chi connectivity index (χ1v) is 7.57. The fourth-order valence-corrected chi connectivity index (χ4v) is 2.34. The number of aromatic nitrogens is 3. The fourth-order valence-electron chi connectivity index (χ4n) is 2.34. The van der Waals surface area contributed by atoms with E-state index in [0.717, 1.165) is 42.2 Å². The van der Waals surface area contributed by atoms with Gasteiger partial charge in [-0.15, -0.1) is 0 Å². The van der Waals surface area contributed by atoms with E-state index < -0.39 is 0 Å². The van der Waals surface area contributed by atoms with Crippen molar-refractivity contribution in [1.29, 1.82) is 0 Å². The van der Waals surface area contributed by atoms with Crippen molar-refractivity contribution in [2.45, 2.75) is 26.3 Å². The average Bonchev–Trinajstić information content (AvgIpc) is 2.98. The molecule has 0 amide bonds. The molecule has 0 atom stereocenters. The lowest BCUT2D eigenvalue weighted by Gasteiger charge is -2.04. The van der Waals surface area contributed by atoms with E-state index in [2.05, 4.69) is 12.0 Å². The van der Waals surface area contributed by atoms with Crippen molar-refractivity contribution < 1.29 is 5.11 Å². The van der Waals surface area contributed by atoms with E-state index in [-0.39, 0.29) is 5.75 Å². The summed E-state index contributed by atoms with van der Waals surface area (Å²) >= 11 is 0. The average molecular weight is 293 g/mol. The van der Waals surface area contributed by atoms with Gasteiger partial charge in [-0.25, -0.2) is 9.67 Å². The van der Waals surface area contributed by atoms with Crippen LogP contribution in [0.25, 0.3) is 22.8 Å². The maximum absolute atomic E-state index is 9.45. The second kappa shape index (κ2) is 6.43. The third kappa shape index (κ3) is 3.01. The first-order chi connectivity index (χ1) is 10.8. The van der Waals surface area contributed by atoms with Crippen molar-refractivity contribution in [3.8, 4) is 28.5 Å². The lowest BCUT2D eigenvalue weighted by atomic mass is 10.2. The molecule has 22 heavy (non-hydrogen) atoms. The number of benzene rings is 2. The summed E-state index contributed by atoms with van der Waals surface area (Å²) in [6.07, 6.45) is 2.16. The molecule has 0 unspecified atom stereocenters. The van der Waals surface area contributed by atoms with Gasteiger partial charge in [0.05, 0.1) is 0 Å². The molecule has 0 saturated heterocycles. The van der Waals surface area contributed by atoms with Gasteiger partial charge < -0.3 is 5.11 Å². The van der Waals surface area contributed by atoms with Crippen molar-refractivity contribution in [2.24, 2.45) is 0 Å². The minimum Gasteiger partial charge on any atom is -0.508 e. The predicted molar refractivity (Wildman–Crippen MR) is 87.5 cm³/mol. The molecule has 1 heterocycles. The molecule has 0 fully saturated rings. The molecule has 0 aliphatic heterocycles. The number of aryl methyl sites for hydroxylation is 1. The first kappa shape index (κ1) is 14.3. The third-order valence-electron chi connectivity index (χ3n) is 3.55. The van der Waals surface area contributed by atoms with E-state index in [1.54, 1.807) is 12.1 Å². The molecule has 4 nitrogen and oxygen atoms in total. The van der Waals surface area contributed by atoms with Crippen molar-refractivity contribution in [2.75, 3.05) is 0 Å². The molecule has 1 N–H and O–H groups in total. The Bertz CT molecular complexity index is 733. The number of aromatic hydroxyl groups is 1. The van der Waals surface area contributed by atoms with Crippen LogP contribution in [0, 0.1) is 0 Å². The highest BCUT2D eigenvalue weighted by atomic mass is 16.3. The van der Waals surface area contributed by atoms with Gasteiger partial charge in [0.25, 0.3) is 0 Å². The summed E-state index contributed by atoms with van der Waals surface area (Å²) in [6.45, 7) is 3.00. The Morgan fingerprint density at radius 1 is 0.955 bits per heavy atom. The standard InChI is InChI=1S/C18H19N3O/c1-2-3-13-21-18(15-9-11-16(22)12-10-15)19-17(20-21)14-7-5-4-6-8-14/h4-12,22H,2-3,13H2,1H3. The zero-order valence-electron chi connectivity index (χ0n) is 12.6. The molecule has 2 aromatic carbocycles. The molecule has 112 valence electrons. The van der Waals surface area contributed by atoms with Crippen molar-refractivity contribution in [3.05, 3.63) is 54.6 Å². The number of nitrogens with zero attached hydrogens (tertiary/aromatic N) is 3. The van der Waals surface area contributed by atoms with Crippen LogP contribution in [0.15, 0.2) is 54.6 Å². The SMILES string of the molecule is CCCCn1nc(-c2ccccc2)nc1-c1ccc(O)cc1. The summed E-state index contributed by atoms with van der Waals surface area (Å²) in [5.74, 6) is 1.83. The van der Waals surface area contributed by atoms with Crippen LogP contribution in [0.5, 0.6) is 5.75 Å². The van der Waals surface area contributed by atoms with Crippen LogP contribution < -0.4 is 0 Å². The van der Waals surface area contributed by atoms with Gasteiger partial charge in [-0.2, -0.15) is 5.10 Å². The summed E-state index contributed by atoms with van der Waals surface area (Å²) < 4.78 is 1.96. The number of rotatable bonds is 5. The molecule has 1 aromatic heterocycles. The molecule has 0 bridgehead atoms. The first-order valence-electron chi connectivity index (χ1n) is 7.57. The number of hydrogen-bond donors (Lipinski definition) is 1. The number of phenolic OH excluding ortho intramolecular Hbond substituents is 1. The monoisotopic (exact) mass is 293 g/mol. The predicted octanol–water partition coefficient (Wildman–Crippen LogP) is 4.12. The Morgan fingerprint density at radius 2 is 1.68 bits per heavy atom. The highest BCUT2D eigenvalue weighted by molar-refractivity contribution is 5.62. The van der Waals surface area contributed by atoms with Gasteiger partial charge >= 0.3 is 0 Å². The van der Waals surface area contributed by atoms with Crippen LogP contribution in [0.2, 0.25) is 0 Å². The zero-order chi connectivity index (χ0) is 15.4. The van der Waals surface area contributed by atoms with Crippen molar-refractivity contribution in [3.63, 3.8) is 0 Å². The van der Waals surface area contributed by atoms with Gasteiger partial charge in [0.15, 0.2) is 11.6 Å². The molecule has 0 aliphatic carbocycles. The minimum absolute atomic E-state index is 0.256. The molecular weight excluding hydrogens is 274 g/mol. The molecule has 4 heteroatoms. The Balaban J connectivity index is 2.03. The van der Waals surface area contributed by atoms with Crippen LogP contribution in [-0.4, -0.2) is 19.9 Å². The maximum atomic E-state index is 9.45. The summed E-state index contributed by atoms with van der Waals surface area (Å²) in [5, 5.41) is 14.1. The van der Waals surface area contributed by atoms with E-state index in [9.17, 15) is 5.11 Å². The summed E-state index contributed by atoms with van der Waals surface area (Å²) in [4.78, 5) is 4.70. The molecule has 0 spiro atoms. The van der Waals surface area contributed by atoms with Gasteiger partial charge in [0, 0.05) is 17.7 Å². The molecule has 3 rings (SSSR count). The summed E-state index contributed by atoms with van der Waals surface area (Å²) in [7, 11) is 0. The van der Waals surface area contributed by atoms with Gasteiger partial charge in [-0.1, -0.05) is 43.7 Å². The zero-order valence-corrected chi connectivity index (χ0v) is 12.6. The maximum Gasteiger partial charge on any atom is 0.181 e. The van der Waals surface area contributed by atoms with E-state index in [4.69, 9.17) is 4.98 Å². The smallest absolute Gasteiger partial charge is 0.181 e. The third-order valence-corrected chi connectivity index (χ3v) is 3.55. The quantitative estimate of drug-likeness (QED) is 0.770. The Labute approximate surface area is 130 Å². The molecule has 0 radical (unpaired) electrons. The van der Waals surface area contributed by atoms with Crippen molar-refractivity contribution >= 4 is 0 Å². The van der Waals surface area contributed by atoms with E-state index in [1.807, 2.05) is 47.1 Å². The molecule has 3 aromatic rings. The number of phenols is 1. The molecular formula is C18H19N3O. The van der Waals surface area contributed by atoms with Crippen molar-refractivity contribution in [1.82, 2.24) is 14.8 Å². The molecule has 0 saturated carbocycles. The summed E-state index contributed by atoms with van der Waals surface area (Å²) in [5.41, 5.74) is 1.97. The van der Waals surface area contributed by atoms with Gasteiger partial charge in [-0.3, -0.25) is 0 Å². The minimum atomic E-state index is 0.256. The lowest BCUT2D eigenvalue weighted by molar-refractivity contribution is 0.475. The summed E-state index contributed by atoms with van der Waals surface area (Å²) in [6, 6.07) is 17.1. The van der Waals surface area contributed by atoms with E-state index >= 15 is 0 Å². The normalized spacial score (nSPS) is 10.8. The van der Waals surface area contributed by atoms with Gasteiger partial charge in [-0.05, 0) is 30.7 Å². The fraction of sp³-hybridized carbons (Fsp3) is 0.222. The van der Waals surface area contributed by atoms with Crippen LogP contribution in [0.4, 0.5) is 0 Å².